The molecular weight excluding hydrogens is 168 g/mol. The third-order valence-electron chi connectivity index (χ3n) is 0. The van der Waals surface area contributed by atoms with Crippen molar-refractivity contribution in [3.8, 4) is 6.07 Å². The summed E-state index contributed by atoms with van der Waals surface area (Å²) in [6.07, 6.45) is 0. The molecule has 0 fully saturated rings. The summed E-state index contributed by atoms with van der Waals surface area (Å²) in [5, 5.41) is 7.32. The van der Waals surface area contributed by atoms with Gasteiger partial charge in [0.05, 0.1) is 6.07 Å². The molecule has 0 bridgehead atoms. The van der Waals surface area contributed by atoms with E-state index < -0.39 is 0 Å². The molecule has 0 saturated heterocycles. The summed E-state index contributed by atoms with van der Waals surface area (Å²) in [5.41, 5.74) is 0. The van der Waals surface area contributed by atoms with E-state index in [0.717, 1.165) is 0 Å². The van der Waals surface area contributed by atoms with Gasteiger partial charge in [0.15, 0.2) is 0 Å². The van der Waals surface area contributed by atoms with Gasteiger partial charge in [-0.25, -0.2) is 0 Å². The van der Waals surface area contributed by atoms with E-state index in [9.17, 15) is 0 Å². The van der Waals surface area contributed by atoms with Gasteiger partial charge >= 0.3 is 33.2 Å². The van der Waals surface area contributed by atoms with Gasteiger partial charge in [-0.05, 0) is 0 Å². The van der Waals surface area contributed by atoms with Crippen molar-refractivity contribution in [1.29, 1.82) is 5.26 Å². The fourth-order valence-electron chi connectivity index (χ4n) is 0. The van der Waals surface area contributed by atoms with E-state index >= 15 is 0 Å². The van der Waals surface area contributed by atoms with Crippen LogP contribution in [0.4, 0.5) is 0 Å². The second-order valence-electron chi connectivity index (χ2n) is 0.271. The van der Waals surface area contributed by atoms with Crippen LogP contribution in [0.2, 0.25) is 0 Å². The number of nitrogens with zero attached hydrogens (tertiary/aromatic N) is 1. The Hall–Kier alpha value is 0.576. The molecule has 0 rings (SSSR count). The molecule has 4 heteroatoms. The van der Waals surface area contributed by atoms with Gasteiger partial charge in [-0.2, -0.15) is 5.26 Å². The van der Waals surface area contributed by atoms with Gasteiger partial charge < -0.3 is 0 Å². The fourth-order valence-corrected chi connectivity index (χ4v) is 0. The molecule has 0 aromatic rings. The summed E-state index contributed by atoms with van der Waals surface area (Å²) in [6, 6.07) is 1.75. The average molecular weight is 171 g/mol. The van der Waals surface area contributed by atoms with Crippen LogP contribution < -0.4 is 0 Å². The minimum atomic E-state index is 0.382. The van der Waals surface area contributed by atoms with Gasteiger partial charge in [0.1, 0.15) is 0 Å². The summed E-state index contributed by atoms with van der Waals surface area (Å²) >= 11 is 0.382. The van der Waals surface area contributed by atoms with Crippen molar-refractivity contribution in [2.75, 3.05) is 0 Å². The molecule has 0 heterocycles. The Morgan fingerprint density at radius 1 is 1.67 bits per heavy atom. The van der Waals surface area contributed by atoms with Crippen molar-refractivity contribution in [2.24, 2.45) is 0 Å². The van der Waals surface area contributed by atoms with E-state index in [1.165, 1.54) is 6.92 Å². The summed E-state index contributed by atoms with van der Waals surface area (Å²) in [7, 11) is 9.47. The number of hydrogen-bond donors (Lipinski definition) is 0. The molecule has 1 nitrogen and oxygen atoms in total. The molecule has 0 spiro atoms. The normalized spacial score (nSPS) is 5.00. The first-order valence-electron chi connectivity index (χ1n) is 0.976. The molecule has 0 aliphatic rings. The first kappa shape index (κ1) is 9.76. The van der Waals surface area contributed by atoms with Crippen LogP contribution in [0.15, 0.2) is 0 Å². The molecule has 0 aromatic heterocycles. The Kier molecular flexibility index (Phi) is 28.6. The molecule has 0 N–H and O–H groups in total. The van der Waals surface area contributed by atoms with Gasteiger partial charge in [-0.15, -0.1) is 0 Å². The van der Waals surface area contributed by atoms with Crippen LogP contribution in [0.25, 0.3) is 0 Å². The van der Waals surface area contributed by atoms with E-state index in [1.54, 1.807) is 6.07 Å². The molecule has 0 atom stereocenters. The van der Waals surface area contributed by atoms with Gasteiger partial charge in [0, 0.05) is 6.92 Å². The van der Waals surface area contributed by atoms with Gasteiger partial charge in [-0.3, -0.25) is 0 Å². The molecule has 0 aromatic carbocycles. The van der Waals surface area contributed by atoms with Gasteiger partial charge in [0.25, 0.3) is 0 Å². The minimum absolute atomic E-state index is 0.382. The third kappa shape index (κ3) is 176. The van der Waals surface area contributed by atoms with Crippen LogP contribution in [0.5, 0.6) is 0 Å². The van der Waals surface area contributed by atoms with E-state index in [-0.39, 0.29) is 0 Å². The number of halogens is 2. The molecular formula is C2H3Cl2CoN. The second kappa shape index (κ2) is 17.6. The SMILES string of the molecule is CC#N.[Cl][Co][Cl]. The zero-order chi connectivity index (χ0) is 5.41. The first-order valence-corrected chi connectivity index (χ1v) is 3.84. The quantitative estimate of drug-likeness (QED) is 0.545. The first-order chi connectivity index (χ1) is 2.83. The van der Waals surface area contributed by atoms with E-state index in [2.05, 4.69) is 0 Å². The van der Waals surface area contributed by atoms with Crippen LogP contribution in [0, 0.1) is 11.3 Å². The fraction of sp³-hybridized carbons (Fsp3) is 0.500. The van der Waals surface area contributed by atoms with Gasteiger partial charge in [-0.1, -0.05) is 0 Å². The van der Waals surface area contributed by atoms with Crippen molar-refractivity contribution in [3.63, 3.8) is 0 Å². The third-order valence-corrected chi connectivity index (χ3v) is 0. The Morgan fingerprint density at radius 3 is 1.67 bits per heavy atom. The predicted molar refractivity (Wildman–Crippen MR) is 23.0 cm³/mol. The molecule has 0 radical (unpaired) electrons. The summed E-state index contributed by atoms with van der Waals surface area (Å²) in [6.45, 7) is 1.43. The molecule has 0 aliphatic heterocycles. The second-order valence-corrected chi connectivity index (χ2v) is 1.99. The summed E-state index contributed by atoms with van der Waals surface area (Å²) in [4.78, 5) is 0. The zero-order valence-corrected chi connectivity index (χ0v) is 5.59. The molecule has 39 valence electrons. The Morgan fingerprint density at radius 2 is 1.67 bits per heavy atom. The topological polar surface area (TPSA) is 23.8 Å². The van der Waals surface area contributed by atoms with Crippen molar-refractivity contribution in [3.05, 3.63) is 0 Å². The van der Waals surface area contributed by atoms with Crippen molar-refractivity contribution >= 4 is 20.3 Å². The molecule has 6 heavy (non-hydrogen) atoms. The molecule has 0 unspecified atom stereocenters. The Labute approximate surface area is 51.7 Å². The van der Waals surface area contributed by atoms with E-state index in [4.69, 9.17) is 25.6 Å². The Bertz CT molecular complexity index is 41.3. The average Bonchev–Trinajstić information content (AvgIpc) is 1.39. The van der Waals surface area contributed by atoms with Crippen LogP contribution in [-0.2, 0) is 12.9 Å². The van der Waals surface area contributed by atoms with Crippen molar-refractivity contribution < 1.29 is 12.9 Å². The molecule has 0 saturated carbocycles. The van der Waals surface area contributed by atoms with E-state index in [1.807, 2.05) is 0 Å². The standard InChI is InChI=1S/C2H3N.2ClH.Co/c1-2-3;;;/h1H3;2*1H;/q;;;+2/p-2. The maximum atomic E-state index is 7.32. The number of nitriles is 1. The number of hydrogen-bond acceptors (Lipinski definition) is 1. The predicted octanol–water partition coefficient (Wildman–Crippen LogP) is 1.91. The van der Waals surface area contributed by atoms with Crippen molar-refractivity contribution in [1.82, 2.24) is 0 Å². The maximum absolute atomic E-state index is 7.32. The van der Waals surface area contributed by atoms with Crippen LogP contribution in [0.3, 0.4) is 0 Å². The molecule has 0 amide bonds. The summed E-state index contributed by atoms with van der Waals surface area (Å²) in [5.74, 6) is 0. The monoisotopic (exact) mass is 170 g/mol. The van der Waals surface area contributed by atoms with Gasteiger partial charge in [0.2, 0.25) is 0 Å². The number of rotatable bonds is 0. The van der Waals surface area contributed by atoms with Crippen LogP contribution in [0.1, 0.15) is 6.92 Å². The summed E-state index contributed by atoms with van der Waals surface area (Å²) < 4.78 is 0. The van der Waals surface area contributed by atoms with Crippen molar-refractivity contribution in [2.45, 2.75) is 6.92 Å². The van der Waals surface area contributed by atoms with E-state index in [0.29, 0.717) is 12.9 Å². The zero-order valence-electron chi connectivity index (χ0n) is 3.04. The molecule has 0 aliphatic carbocycles. The van der Waals surface area contributed by atoms with Crippen LogP contribution >= 0.6 is 20.3 Å². The van der Waals surface area contributed by atoms with Crippen LogP contribution in [-0.4, -0.2) is 0 Å². The Balaban J connectivity index is 0.